The molecule has 0 aromatic carbocycles. The molecule has 0 saturated heterocycles. The second-order valence-electron chi connectivity index (χ2n) is 3.46. The van der Waals surface area contributed by atoms with Gasteiger partial charge in [-0.25, -0.2) is 9.78 Å². The molecule has 2 aromatic heterocycles. The summed E-state index contributed by atoms with van der Waals surface area (Å²) in [5, 5.41) is 11.0. The van der Waals surface area contributed by atoms with E-state index in [0.29, 0.717) is 10.6 Å². The van der Waals surface area contributed by atoms with E-state index >= 15 is 0 Å². The molecule has 0 saturated carbocycles. The van der Waals surface area contributed by atoms with Gasteiger partial charge in [0, 0.05) is 13.1 Å². The van der Waals surface area contributed by atoms with Crippen LogP contribution in [0.1, 0.15) is 9.67 Å². The predicted octanol–water partition coefficient (Wildman–Crippen LogP) is 1.84. The average Bonchev–Trinajstić information content (AvgIpc) is 2.93. The SMILES string of the molecule is COC(=O)c1cc([N+](=O)[O-])c(-c2cncn2C)s1. The molecule has 0 bridgehead atoms. The summed E-state index contributed by atoms with van der Waals surface area (Å²) in [5.41, 5.74) is 0.464. The molecule has 0 unspecified atom stereocenters. The summed E-state index contributed by atoms with van der Waals surface area (Å²) in [6, 6.07) is 1.22. The number of carbonyl (C=O) groups is 1. The van der Waals surface area contributed by atoms with E-state index in [2.05, 4.69) is 9.72 Å². The second-order valence-corrected chi connectivity index (χ2v) is 4.52. The van der Waals surface area contributed by atoms with Gasteiger partial charge in [-0.15, -0.1) is 11.3 Å². The number of rotatable bonds is 3. The zero-order chi connectivity index (χ0) is 13.3. The van der Waals surface area contributed by atoms with Gasteiger partial charge in [-0.3, -0.25) is 10.1 Å². The molecule has 2 aromatic rings. The maximum atomic E-state index is 11.4. The van der Waals surface area contributed by atoms with E-state index in [1.54, 1.807) is 11.6 Å². The molecule has 0 aliphatic carbocycles. The van der Waals surface area contributed by atoms with Gasteiger partial charge in [0.25, 0.3) is 5.69 Å². The van der Waals surface area contributed by atoms with E-state index in [0.717, 1.165) is 11.3 Å². The molecule has 0 atom stereocenters. The van der Waals surface area contributed by atoms with Gasteiger partial charge >= 0.3 is 5.97 Å². The van der Waals surface area contributed by atoms with Crippen molar-refractivity contribution in [1.29, 1.82) is 0 Å². The van der Waals surface area contributed by atoms with Crippen molar-refractivity contribution >= 4 is 23.0 Å². The Balaban J connectivity index is 2.59. The maximum Gasteiger partial charge on any atom is 0.348 e. The van der Waals surface area contributed by atoms with E-state index in [1.165, 1.54) is 25.7 Å². The number of imidazole rings is 1. The highest BCUT2D eigenvalue weighted by molar-refractivity contribution is 7.17. The number of aromatic nitrogens is 2. The van der Waals surface area contributed by atoms with E-state index in [4.69, 9.17) is 0 Å². The Kier molecular flexibility index (Phi) is 3.11. The fraction of sp³-hybridized carbons (Fsp3) is 0.200. The van der Waals surface area contributed by atoms with Gasteiger partial charge in [0.05, 0.1) is 30.3 Å². The Hall–Kier alpha value is -2.22. The summed E-state index contributed by atoms with van der Waals surface area (Å²) in [6.07, 6.45) is 3.05. The predicted molar refractivity (Wildman–Crippen MR) is 64.5 cm³/mol. The number of aryl methyl sites for hydroxylation is 1. The molecule has 2 heterocycles. The summed E-state index contributed by atoms with van der Waals surface area (Å²) < 4.78 is 6.21. The first-order chi connectivity index (χ1) is 8.54. The first kappa shape index (κ1) is 12.2. The highest BCUT2D eigenvalue weighted by atomic mass is 32.1. The lowest BCUT2D eigenvalue weighted by atomic mass is 10.3. The van der Waals surface area contributed by atoms with Crippen LogP contribution >= 0.6 is 11.3 Å². The van der Waals surface area contributed by atoms with Crippen LogP contribution in [0.25, 0.3) is 10.6 Å². The molecular formula is C10H9N3O4S. The molecule has 0 aliphatic heterocycles. The third-order valence-electron chi connectivity index (χ3n) is 2.35. The minimum Gasteiger partial charge on any atom is -0.465 e. The average molecular weight is 267 g/mol. The summed E-state index contributed by atoms with van der Waals surface area (Å²) in [6.45, 7) is 0. The van der Waals surface area contributed by atoms with Crippen LogP contribution in [0.2, 0.25) is 0 Å². The monoisotopic (exact) mass is 267 g/mol. The zero-order valence-corrected chi connectivity index (χ0v) is 10.4. The molecule has 0 aliphatic rings. The molecule has 7 nitrogen and oxygen atoms in total. The quantitative estimate of drug-likeness (QED) is 0.481. The van der Waals surface area contributed by atoms with Gasteiger partial charge in [0.15, 0.2) is 0 Å². The number of carbonyl (C=O) groups excluding carboxylic acids is 1. The van der Waals surface area contributed by atoms with Crippen molar-refractivity contribution in [3.63, 3.8) is 0 Å². The first-order valence-electron chi connectivity index (χ1n) is 4.87. The molecule has 0 spiro atoms. The third-order valence-corrected chi connectivity index (χ3v) is 3.47. The van der Waals surface area contributed by atoms with Crippen LogP contribution in [0.4, 0.5) is 5.69 Å². The van der Waals surface area contributed by atoms with Crippen molar-refractivity contribution < 1.29 is 14.5 Å². The fourth-order valence-corrected chi connectivity index (χ4v) is 2.57. The van der Waals surface area contributed by atoms with Crippen molar-refractivity contribution in [2.45, 2.75) is 0 Å². The van der Waals surface area contributed by atoms with Crippen LogP contribution in [0, 0.1) is 10.1 Å². The molecule has 0 fully saturated rings. The summed E-state index contributed by atoms with van der Waals surface area (Å²) in [5.74, 6) is -0.587. The van der Waals surface area contributed by atoms with E-state index < -0.39 is 10.9 Å². The topological polar surface area (TPSA) is 87.3 Å². The number of nitrogens with zero attached hydrogens (tertiary/aromatic N) is 3. The fourth-order valence-electron chi connectivity index (χ4n) is 1.48. The standard InChI is InChI=1S/C10H9N3O4S/c1-12-5-11-4-7(12)9-6(13(15)16)3-8(18-9)10(14)17-2/h3-5H,1-2H3. The Morgan fingerprint density at radius 2 is 2.33 bits per heavy atom. The van der Waals surface area contributed by atoms with Crippen molar-refractivity contribution in [3.8, 4) is 10.6 Å². The highest BCUT2D eigenvalue weighted by Crippen LogP contribution is 2.37. The van der Waals surface area contributed by atoms with Gasteiger partial charge < -0.3 is 9.30 Å². The number of ether oxygens (including phenoxy) is 1. The van der Waals surface area contributed by atoms with E-state index in [9.17, 15) is 14.9 Å². The van der Waals surface area contributed by atoms with E-state index in [1.807, 2.05) is 0 Å². The molecule has 18 heavy (non-hydrogen) atoms. The first-order valence-corrected chi connectivity index (χ1v) is 5.69. The third kappa shape index (κ3) is 1.97. The minimum atomic E-state index is -0.587. The Labute approximate surface area is 106 Å². The Morgan fingerprint density at radius 1 is 1.61 bits per heavy atom. The highest BCUT2D eigenvalue weighted by Gasteiger charge is 2.25. The second kappa shape index (κ2) is 4.57. The van der Waals surface area contributed by atoms with E-state index in [-0.39, 0.29) is 10.6 Å². The molecule has 94 valence electrons. The van der Waals surface area contributed by atoms with Gasteiger partial charge in [-0.05, 0) is 0 Å². The Morgan fingerprint density at radius 3 is 2.83 bits per heavy atom. The Bertz CT molecular complexity index is 616. The number of esters is 1. The summed E-state index contributed by atoms with van der Waals surface area (Å²) >= 11 is 1.02. The lowest BCUT2D eigenvalue weighted by Gasteiger charge is -1.97. The zero-order valence-electron chi connectivity index (χ0n) is 9.61. The minimum absolute atomic E-state index is 0.121. The van der Waals surface area contributed by atoms with Crippen molar-refractivity contribution in [1.82, 2.24) is 9.55 Å². The van der Waals surface area contributed by atoms with Gasteiger partial charge in [-0.2, -0.15) is 0 Å². The van der Waals surface area contributed by atoms with Crippen molar-refractivity contribution in [3.05, 3.63) is 33.6 Å². The van der Waals surface area contributed by atoms with Crippen LogP contribution in [-0.2, 0) is 11.8 Å². The largest absolute Gasteiger partial charge is 0.465 e. The molecule has 0 amide bonds. The van der Waals surface area contributed by atoms with Crippen LogP contribution in [0.5, 0.6) is 0 Å². The number of thiophene rings is 1. The number of hydrogen-bond donors (Lipinski definition) is 0. The van der Waals surface area contributed by atoms with Crippen LogP contribution < -0.4 is 0 Å². The normalized spacial score (nSPS) is 10.3. The van der Waals surface area contributed by atoms with Crippen molar-refractivity contribution in [2.24, 2.45) is 7.05 Å². The maximum absolute atomic E-state index is 11.4. The number of hydrogen-bond acceptors (Lipinski definition) is 6. The van der Waals surface area contributed by atoms with Crippen LogP contribution in [0.3, 0.4) is 0 Å². The van der Waals surface area contributed by atoms with Crippen molar-refractivity contribution in [2.75, 3.05) is 7.11 Å². The van der Waals surface area contributed by atoms with Gasteiger partial charge in [0.2, 0.25) is 0 Å². The summed E-state index contributed by atoms with van der Waals surface area (Å²) in [7, 11) is 2.96. The van der Waals surface area contributed by atoms with Gasteiger partial charge in [0.1, 0.15) is 9.75 Å². The summed E-state index contributed by atoms with van der Waals surface area (Å²) in [4.78, 5) is 26.3. The smallest absolute Gasteiger partial charge is 0.348 e. The molecule has 8 heteroatoms. The number of methoxy groups -OCH3 is 1. The molecule has 0 N–H and O–H groups in total. The lowest BCUT2D eigenvalue weighted by Crippen LogP contribution is -1.97. The molecule has 0 radical (unpaired) electrons. The lowest BCUT2D eigenvalue weighted by molar-refractivity contribution is -0.383. The van der Waals surface area contributed by atoms with Crippen LogP contribution in [0.15, 0.2) is 18.6 Å². The number of nitro groups is 1. The molecule has 2 rings (SSSR count). The molecular weight excluding hydrogens is 258 g/mol. The van der Waals surface area contributed by atoms with Gasteiger partial charge in [-0.1, -0.05) is 0 Å². The van der Waals surface area contributed by atoms with Crippen LogP contribution in [-0.4, -0.2) is 27.6 Å².